The van der Waals surface area contributed by atoms with E-state index in [1.165, 1.54) is 21.1 Å². The van der Waals surface area contributed by atoms with Crippen molar-refractivity contribution in [1.29, 1.82) is 0 Å². The first-order chi connectivity index (χ1) is 32.7. The number of benzene rings is 3. The minimum absolute atomic E-state index is 0.0206. The molecule has 0 bridgehead atoms. The summed E-state index contributed by atoms with van der Waals surface area (Å²) in [6, 6.07) is 22.0. The highest BCUT2D eigenvalue weighted by molar-refractivity contribution is 6.07. The standard InChI is InChI=1S/C18H24FN3O2.2C18H22FN3O/c1-11(2)10-18(4,24)13-8-6-7-9-14(13)20-17(23)15-12(3)21-22(5)16(15)19;2*1-11(2)10-12(3)14-8-6-7-9-15(14)20-18(23)16-13(4)21-22(5)17(16)19/h6-9,11,24H,10H2,1-5H3,(H,20,23);6-11H,1-5H3,(H,20,23);6-9,11H,3,10H2,1-2,4-5H3,(H,20,23). The van der Waals surface area contributed by atoms with Crippen molar-refractivity contribution >= 4 is 45.9 Å². The highest BCUT2D eigenvalue weighted by Crippen LogP contribution is 2.34. The van der Waals surface area contributed by atoms with E-state index < -0.39 is 41.2 Å². The Bertz CT molecular complexity index is 2870. The summed E-state index contributed by atoms with van der Waals surface area (Å²) in [5.74, 6) is -2.38. The largest absolute Gasteiger partial charge is 0.385 e. The van der Waals surface area contributed by atoms with Gasteiger partial charge in [0.25, 0.3) is 17.7 Å². The molecular weight excluding hydrogens is 896 g/mol. The average Bonchev–Trinajstić information content (AvgIpc) is 3.79. The second kappa shape index (κ2) is 24.0. The number of carbonyl (C=O) groups is 3. The number of allylic oxidation sites excluding steroid dienone is 3. The fraction of sp³-hybridized carbons (Fsp3) is 0.370. The fourth-order valence-electron chi connectivity index (χ4n) is 8.21. The van der Waals surface area contributed by atoms with Crippen LogP contribution in [0.3, 0.4) is 0 Å². The Morgan fingerprint density at radius 3 is 1.36 bits per heavy atom. The van der Waals surface area contributed by atoms with Crippen molar-refractivity contribution in [2.24, 2.45) is 38.9 Å². The number of anilines is 3. The predicted molar refractivity (Wildman–Crippen MR) is 273 cm³/mol. The number of nitrogens with zero attached hydrogens (tertiary/aromatic N) is 6. The van der Waals surface area contributed by atoms with Gasteiger partial charge in [0.1, 0.15) is 16.7 Å². The zero-order valence-corrected chi connectivity index (χ0v) is 42.8. The van der Waals surface area contributed by atoms with Crippen LogP contribution in [0.25, 0.3) is 11.1 Å². The summed E-state index contributed by atoms with van der Waals surface area (Å²) in [6.45, 7) is 25.1. The third-order valence-electron chi connectivity index (χ3n) is 11.1. The normalized spacial score (nSPS) is 12.2. The van der Waals surface area contributed by atoms with Crippen LogP contribution in [0.1, 0.15) is 133 Å². The number of halogens is 3. The number of rotatable bonds is 14. The lowest BCUT2D eigenvalue weighted by molar-refractivity contribution is 0.0355. The minimum atomic E-state index is -1.10. The molecule has 1 unspecified atom stereocenters. The molecule has 6 rings (SSSR count). The van der Waals surface area contributed by atoms with Gasteiger partial charge in [-0.2, -0.15) is 28.5 Å². The molecule has 0 fully saturated rings. The number of hydrogen-bond donors (Lipinski definition) is 4. The summed E-state index contributed by atoms with van der Waals surface area (Å²) in [4.78, 5) is 37.4. The zero-order valence-electron chi connectivity index (χ0n) is 42.8. The predicted octanol–water partition coefficient (Wildman–Crippen LogP) is 11.7. The van der Waals surface area contributed by atoms with Gasteiger partial charge in [-0.1, -0.05) is 109 Å². The number of para-hydroxylation sites is 3. The first-order valence-electron chi connectivity index (χ1n) is 23.1. The van der Waals surface area contributed by atoms with Crippen LogP contribution >= 0.6 is 0 Å². The Balaban J connectivity index is 0.000000228. The van der Waals surface area contributed by atoms with Gasteiger partial charge in [-0.05, 0) is 94.6 Å². The van der Waals surface area contributed by atoms with Gasteiger partial charge in [-0.3, -0.25) is 14.4 Å². The van der Waals surface area contributed by atoms with E-state index in [2.05, 4.69) is 71.6 Å². The Hall–Kier alpha value is -7.07. The van der Waals surface area contributed by atoms with Gasteiger partial charge in [0.05, 0.1) is 22.7 Å². The number of carbonyl (C=O) groups excluding carboxylic acids is 3. The van der Waals surface area contributed by atoms with E-state index in [0.29, 0.717) is 58.0 Å². The van der Waals surface area contributed by atoms with E-state index in [1.807, 2.05) is 63.2 Å². The molecule has 374 valence electrons. The van der Waals surface area contributed by atoms with Gasteiger partial charge in [0.2, 0.25) is 17.8 Å². The lowest BCUT2D eigenvalue weighted by Gasteiger charge is -2.28. The van der Waals surface area contributed by atoms with Crippen molar-refractivity contribution in [2.45, 2.75) is 94.6 Å². The summed E-state index contributed by atoms with van der Waals surface area (Å²) in [5, 5.41) is 30.9. The van der Waals surface area contributed by atoms with Gasteiger partial charge in [0.15, 0.2) is 0 Å². The number of nitrogens with one attached hydrogen (secondary N) is 3. The molecule has 70 heavy (non-hydrogen) atoms. The molecule has 1 atom stereocenters. The summed E-state index contributed by atoms with van der Waals surface area (Å²) in [6.07, 6.45) is 3.49. The van der Waals surface area contributed by atoms with E-state index in [-0.39, 0.29) is 22.6 Å². The highest BCUT2D eigenvalue weighted by Gasteiger charge is 2.29. The monoisotopic (exact) mass is 964 g/mol. The Labute approximate surface area is 409 Å². The molecule has 4 N–H and O–H groups in total. The zero-order chi connectivity index (χ0) is 52.4. The summed E-state index contributed by atoms with van der Waals surface area (Å²) >= 11 is 0. The quantitative estimate of drug-likeness (QED) is 0.0845. The van der Waals surface area contributed by atoms with E-state index in [9.17, 15) is 32.7 Å². The molecule has 3 aromatic heterocycles. The van der Waals surface area contributed by atoms with Gasteiger partial charge in [-0.25, -0.2) is 14.0 Å². The molecule has 16 heteroatoms. The highest BCUT2D eigenvalue weighted by atomic mass is 19.1. The van der Waals surface area contributed by atoms with Gasteiger partial charge >= 0.3 is 0 Å². The number of hydrogen-bond acceptors (Lipinski definition) is 7. The third kappa shape index (κ3) is 14.0. The maximum Gasteiger partial charge on any atom is 0.262 e. The molecule has 0 aliphatic rings. The van der Waals surface area contributed by atoms with Gasteiger partial charge in [-0.15, -0.1) is 0 Å². The second-order valence-corrected chi connectivity index (χ2v) is 18.8. The molecule has 3 heterocycles. The SMILES string of the molecule is C=C(CC(C)C)c1ccccc1NC(=O)c1c(C)nn(C)c1F.CC(=CC(C)C)c1ccccc1NC(=O)c1c(C)nn(C)c1F.Cc1nn(C)c(F)c1C(=O)Nc1ccccc1C(C)(O)CC(C)C. The number of amides is 3. The molecule has 0 radical (unpaired) electrons. The maximum absolute atomic E-state index is 14.1. The van der Waals surface area contributed by atoms with Crippen molar-refractivity contribution in [3.05, 3.63) is 154 Å². The number of aromatic nitrogens is 6. The molecule has 0 saturated heterocycles. The van der Waals surface area contributed by atoms with Crippen LogP contribution in [0.5, 0.6) is 0 Å². The lowest BCUT2D eigenvalue weighted by Crippen LogP contribution is -2.26. The summed E-state index contributed by atoms with van der Waals surface area (Å²) in [5.41, 5.74) is 5.99. The molecule has 0 aliphatic heterocycles. The number of aryl methyl sites for hydroxylation is 6. The fourth-order valence-corrected chi connectivity index (χ4v) is 8.21. The molecule has 3 amide bonds. The molecule has 0 spiro atoms. The Kier molecular flexibility index (Phi) is 19.0. The van der Waals surface area contributed by atoms with E-state index in [4.69, 9.17) is 0 Å². The maximum atomic E-state index is 14.1. The van der Waals surface area contributed by atoms with E-state index in [0.717, 1.165) is 42.7 Å². The van der Waals surface area contributed by atoms with Crippen LogP contribution in [0.15, 0.2) is 85.5 Å². The Morgan fingerprint density at radius 1 is 0.629 bits per heavy atom. The first-order valence-corrected chi connectivity index (χ1v) is 23.1. The minimum Gasteiger partial charge on any atom is -0.385 e. The van der Waals surface area contributed by atoms with Crippen LogP contribution < -0.4 is 16.0 Å². The smallest absolute Gasteiger partial charge is 0.262 e. The molecular formula is C54H68F3N9O4. The number of aliphatic hydroxyl groups is 1. The summed E-state index contributed by atoms with van der Waals surface area (Å²) < 4.78 is 45.3. The van der Waals surface area contributed by atoms with Crippen LogP contribution in [0, 0.1) is 56.4 Å². The van der Waals surface area contributed by atoms with Crippen molar-refractivity contribution in [3.63, 3.8) is 0 Å². The van der Waals surface area contributed by atoms with Crippen LogP contribution in [-0.2, 0) is 26.7 Å². The van der Waals surface area contributed by atoms with Crippen molar-refractivity contribution in [2.75, 3.05) is 16.0 Å². The Morgan fingerprint density at radius 2 is 0.986 bits per heavy atom. The van der Waals surface area contributed by atoms with E-state index >= 15 is 0 Å². The van der Waals surface area contributed by atoms with Gasteiger partial charge < -0.3 is 21.1 Å². The first kappa shape index (κ1) is 55.5. The average molecular weight is 964 g/mol. The lowest BCUT2D eigenvalue weighted by atomic mass is 9.86. The topological polar surface area (TPSA) is 161 Å². The molecule has 0 saturated carbocycles. The summed E-state index contributed by atoms with van der Waals surface area (Å²) in [7, 11) is 4.39. The van der Waals surface area contributed by atoms with Crippen LogP contribution in [0.2, 0.25) is 0 Å². The van der Waals surface area contributed by atoms with Crippen molar-refractivity contribution in [1.82, 2.24) is 29.3 Å². The molecule has 13 nitrogen and oxygen atoms in total. The molecule has 3 aromatic carbocycles. The van der Waals surface area contributed by atoms with Crippen molar-refractivity contribution < 1.29 is 32.7 Å². The third-order valence-corrected chi connectivity index (χ3v) is 11.1. The van der Waals surface area contributed by atoms with Crippen molar-refractivity contribution in [3.8, 4) is 0 Å². The molecule has 6 aromatic rings. The molecule has 0 aliphatic carbocycles. The van der Waals surface area contributed by atoms with Crippen LogP contribution in [-0.4, -0.2) is 52.2 Å². The van der Waals surface area contributed by atoms with E-state index in [1.54, 1.807) is 58.0 Å². The van der Waals surface area contributed by atoms with Gasteiger partial charge in [0, 0.05) is 54.9 Å². The second-order valence-electron chi connectivity index (χ2n) is 18.8. The van der Waals surface area contributed by atoms with Crippen LogP contribution in [0.4, 0.5) is 30.2 Å².